The summed E-state index contributed by atoms with van der Waals surface area (Å²) in [5, 5.41) is 4.60. The van der Waals surface area contributed by atoms with Gasteiger partial charge in [-0.05, 0) is 25.0 Å². The lowest BCUT2D eigenvalue weighted by molar-refractivity contribution is 0.507. The number of fused-ring (bicyclic) bond motifs is 3. The van der Waals surface area contributed by atoms with Gasteiger partial charge in [0, 0.05) is 13.1 Å². The molecule has 0 aliphatic carbocycles. The molecule has 0 unspecified atom stereocenters. The number of para-hydroxylation sites is 2. The van der Waals surface area contributed by atoms with Crippen molar-refractivity contribution in [2.45, 2.75) is 78.3 Å². The zero-order valence-corrected chi connectivity index (χ0v) is 16.5. The SMILES string of the molecule is CCCCCCn1nc2n(CCCCCC)c3ccccc3n2c(=O)c1=O. The van der Waals surface area contributed by atoms with E-state index in [4.69, 9.17) is 0 Å². The van der Waals surface area contributed by atoms with Gasteiger partial charge in [-0.2, -0.15) is 0 Å². The number of aromatic nitrogens is 4. The number of benzene rings is 1. The minimum absolute atomic E-state index is 0.501. The Bertz CT molecular complexity index is 1010. The molecule has 0 radical (unpaired) electrons. The summed E-state index contributed by atoms with van der Waals surface area (Å²) in [6.07, 6.45) is 8.75. The van der Waals surface area contributed by atoms with Crippen LogP contribution in [0.15, 0.2) is 33.9 Å². The Kier molecular flexibility index (Phi) is 6.48. The zero-order chi connectivity index (χ0) is 19.2. The Morgan fingerprint density at radius 3 is 2.07 bits per heavy atom. The number of rotatable bonds is 10. The fraction of sp³-hybridized carbons (Fsp3) is 0.571. The van der Waals surface area contributed by atoms with Gasteiger partial charge in [0.15, 0.2) is 0 Å². The van der Waals surface area contributed by atoms with Gasteiger partial charge in [-0.25, -0.2) is 9.08 Å². The van der Waals surface area contributed by atoms with Crippen LogP contribution in [0.3, 0.4) is 0 Å². The van der Waals surface area contributed by atoms with Crippen LogP contribution in [0.4, 0.5) is 0 Å². The van der Waals surface area contributed by atoms with E-state index in [0.29, 0.717) is 12.3 Å². The van der Waals surface area contributed by atoms with Gasteiger partial charge in [-0.15, -0.1) is 5.10 Å². The minimum Gasteiger partial charge on any atom is -0.308 e. The molecular weight excluding hydrogens is 340 g/mol. The van der Waals surface area contributed by atoms with Crippen LogP contribution in [0.5, 0.6) is 0 Å². The van der Waals surface area contributed by atoms with E-state index >= 15 is 0 Å². The van der Waals surface area contributed by atoms with Crippen molar-refractivity contribution < 1.29 is 0 Å². The molecule has 2 aromatic heterocycles. The van der Waals surface area contributed by atoms with Gasteiger partial charge in [-0.3, -0.25) is 9.59 Å². The highest BCUT2D eigenvalue weighted by Crippen LogP contribution is 2.18. The summed E-state index contributed by atoms with van der Waals surface area (Å²) in [6.45, 7) is 5.65. The Morgan fingerprint density at radius 1 is 0.778 bits per heavy atom. The molecule has 1 aromatic carbocycles. The fourth-order valence-electron chi connectivity index (χ4n) is 3.63. The molecule has 0 aliphatic rings. The van der Waals surface area contributed by atoms with E-state index < -0.39 is 11.1 Å². The third kappa shape index (κ3) is 3.99. The van der Waals surface area contributed by atoms with E-state index in [1.807, 2.05) is 24.3 Å². The molecule has 0 atom stereocenters. The first-order valence-electron chi connectivity index (χ1n) is 10.3. The summed E-state index contributed by atoms with van der Waals surface area (Å²) in [5.74, 6) is 0.577. The molecule has 0 aliphatic heterocycles. The number of nitrogens with zero attached hydrogens (tertiary/aromatic N) is 4. The molecule has 3 rings (SSSR count). The maximum Gasteiger partial charge on any atom is 0.333 e. The Balaban J connectivity index is 2.06. The summed E-state index contributed by atoms with van der Waals surface area (Å²) < 4.78 is 4.95. The highest BCUT2D eigenvalue weighted by molar-refractivity contribution is 5.80. The van der Waals surface area contributed by atoms with Crippen LogP contribution in [0.1, 0.15) is 65.2 Å². The first kappa shape index (κ1) is 19.4. The maximum absolute atomic E-state index is 12.8. The van der Waals surface area contributed by atoms with Gasteiger partial charge in [0.05, 0.1) is 11.0 Å². The number of hydrogen-bond donors (Lipinski definition) is 0. The van der Waals surface area contributed by atoms with Gasteiger partial charge in [-0.1, -0.05) is 64.5 Å². The summed E-state index contributed by atoms with van der Waals surface area (Å²) in [4.78, 5) is 25.4. The zero-order valence-electron chi connectivity index (χ0n) is 16.5. The predicted octanol–water partition coefficient (Wildman–Crippen LogP) is 3.97. The van der Waals surface area contributed by atoms with Gasteiger partial charge < -0.3 is 4.57 Å². The van der Waals surface area contributed by atoms with Crippen LogP contribution >= 0.6 is 0 Å². The molecule has 0 spiro atoms. The van der Waals surface area contributed by atoms with Gasteiger partial charge in [0.1, 0.15) is 0 Å². The average Bonchev–Trinajstić information content (AvgIpc) is 2.99. The van der Waals surface area contributed by atoms with E-state index in [9.17, 15) is 9.59 Å². The summed E-state index contributed by atoms with van der Waals surface area (Å²) in [7, 11) is 0. The van der Waals surface area contributed by atoms with Crippen LogP contribution in [-0.4, -0.2) is 18.7 Å². The second-order valence-corrected chi connectivity index (χ2v) is 7.23. The Morgan fingerprint density at radius 2 is 1.41 bits per heavy atom. The molecule has 2 heterocycles. The Labute approximate surface area is 159 Å². The topological polar surface area (TPSA) is 61.3 Å². The van der Waals surface area contributed by atoms with Crippen LogP contribution in [0, 0.1) is 0 Å². The maximum atomic E-state index is 12.8. The largest absolute Gasteiger partial charge is 0.333 e. The molecule has 0 N–H and O–H groups in total. The van der Waals surface area contributed by atoms with Crippen molar-refractivity contribution in [3.05, 3.63) is 45.0 Å². The van der Waals surface area contributed by atoms with E-state index in [0.717, 1.165) is 56.1 Å². The highest BCUT2D eigenvalue weighted by Gasteiger charge is 2.16. The van der Waals surface area contributed by atoms with Gasteiger partial charge in [0.2, 0.25) is 5.78 Å². The van der Waals surface area contributed by atoms with Crippen molar-refractivity contribution in [1.82, 2.24) is 18.7 Å². The minimum atomic E-state index is -0.530. The molecule has 0 fully saturated rings. The number of imidazole rings is 1. The van der Waals surface area contributed by atoms with E-state index in [1.54, 1.807) is 0 Å². The molecule has 146 valence electrons. The third-order valence-electron chi connectivity index (χ3n) is 5.14. The monoisotopic (exact) mass is 370 g/mol. The van der Waals surface area contributed by atoms with Crippen molar-refractivity contribution in [3.8, 4) is 0 Å². The van der Waals surface area contributed by atoms with Crippen molar-refractivity contribution >= 4 is 16.8 Å². The molecule has 0 saturated carbocycles. The van der Waals surface area contributed by atoms with E-state index in [-0.39, 0.29) is 0 Å². The second-order valence-electron chi connectivity index (χ2n) is 7.23. The van der Waals surface area contributed by atoms with Crippen molar-refractivity contribution in [2.24, 2.45) is 0 Å². The first-order chi connectivity index (χ1) is 13.2. The van der Waals surface area contributed by atoms with Crippen molar-refractivity contribution in [3.63, 3.8) is 0 Å². The Hall–Kier alpha value is -2.37. The fourth-order valence-corrected chi connectivity index (χ4v) is 3.63. The average molecular weight is 370 g/mol. The van der Waals surface area contributed by atoms with E-state index in [2.05, 4.69) is 23.5 Å². The molecule has 0 saturated heterocycles. The smallest absolute Gasteiger partial charge is 0.308 e. The molecule has 6 heteroatoms. The highest BCUT2D eigenvalue weighted by atomic mass is 16.2. The molecule has 0 amide bonds. The van der Waals surface area contributed by atoms with Crippen molar-refractivity contribution in [2.75, 3.05) is 0 Å². The summed E-state index contributed by atoms with van der Waals surface area (Å²) in [6, 6.07) is 7.75. The van der Waals surface area contributed by atoms with Gasteiger partial charge in [0.25, 0.3) is 0 Å². The molecule has 0 bridgehead atoms. The molecule has 27 heavy (non-hydrogen) atoms. The summed E-state index contributed by atoms with van der Waals surface area (Å²) >= 11 is 0. The third-order valence-corrected chi connectivity index (χ3v) is 5.14. The van der Waals surface area contributed by atoms with Crippen LogP contribution in [0.25, 0.3) is 16.8 Å². The van der Waals surface area contributed by atoms with Crippen LogP contribution in [0.2, 0.25) is 0 Å². The molecule has 3 aromatic rings. The van der Waals surface area contributed by atoms with Crippen molar-refractivity contribution in [1.29, 1.82) is 0 Å². The summed E-state index contributed by atoms with van der Waals surface area (Å²) in [5.41, 5.74) is 0.689. The van der Waals surface area contributed by atoms with Gasteiger partial charge >= 0.3 is 11.1 Å². The van der Waals surface area contributed by atoms with Crippen LogP contribution in [-0.2, 0) is 13.1 Å². The first-order valence-corrected chi connectivity index (χ1v) is 10.3. The lowest BCUT2D eigenvalue weighted by atomic mass is 10.2. The number of unbranched alkanes of at least 4 members (excludes halogenated alkanes) is 6. The quantitative estimate of drug-likeness (QED) is 0.401. The van der Waals surface area contributed by atoms with E-state index in [1.165, 1.54) is 21.9 Å². The number of hydrogen-bond acceptors (Lipinski definition) is 3. The molecule has 6 nitrogen and oxygen atoms in total. The lowest BCUT2D eigenvalue weighted by Gasteiger charge is -2.08. The standard InChI is InChI=1S/C21H30N4O2/c1-3-5-7-11-15-23-17-13-9-10-14-18(17)25-20(27)19(26)24(22-21(23)25)16-12-8-6-4-2/h9-10,13-14H,3-8,11-12,15-16H2,1-2H3. The predicted molar refractivity (Wildman–Crippen MR) is 110 cm³/mol. The lowest BCUT2D eigenvalue weighted by Crippen LogP contribution is -2.40. The number of aryl methyl sites for hydroxylation is 2. The second kappa shape index (κ2) is 9.02. The normalized spacial score (nSPS) is 11.6. The van der Waals surface area contributed by atoms with Crippen LogP contribution < -0.4 is 11.1 Å². The molecular formula is C21H30N4O2.